The minimum absolute atomic E-state index is 0.000427. The molecule has 2 aliphatic heterocycles. The molecule has 2 heterocycles. The van der Waals surface area contributed by atoms with Crippen LogP contribution in [0.5, 0.6) is 23.0 Å². The van der Waals surface area contributed by atoms with Gasteiger partial charge in [-0.15, -0.1) is 13.2 Å². The number of aliphatic hydroxyl groups is 1. The fourth-order valence-electron chi connectivity index (χ4n) is 6.95. The van der Waals surface area contributed by atoms with Crippen LogP contribution >= 0.6 is 11.6 Å². The fourth-order valence-corrected chi connectivity index (χ4v) is 8.68. The zero-order chi connectivity index (χ0) is 35.4. The lowest BCUT2D eigenvalue weighted by atomic mass is 9.78. The summed E-state index contributed by atoms with van der Waals surface area (Å²) >= 11 is 6.51. The van der Waals surface area contributed by atoms with Crippen LogP contribution in [0, 0.1) is 0 Å². The van der Waals surface area contributed by atoms with Gasteiger partial charge in [-0.1, -0.05) is 17.7 Å². The Morgan fingerprint density at radius 2 is 1.75 bits per heavy atom. The molecule has 2 unspecified atom stereocenters. The molecule has 48 heavy (non-hydrogen) atoms. The Morgan fingerprint density at radius 1 is 1.04 bits per heavy atom. The molecule has 1 saturated heterocycles. The number of nitrogens with one attached hydrogen (secondary N) is 1. The van der Waals surface area contributed by atoms with Gasteiger partial charge in [-0.05, 0) is 42.5 Å². The van der Waals surface area contributed by atoms with Crippen molar-refractivity contribution in [3.05, 3.63) is 70.7 Å². The van der Waals surface area contributed by atoms with E-state index in [1.165, 1.54) is 64.7 Å². The minimum Gasteiger partial charge on any atom is -0.497 e. The summed E-state index contributed by atoms with van der Waals surface area (Å²) in [4.78, 5) is 28.0. The monoisotopic (exact) mass is 714 g/mol. The molecule has 0 radical (unpaired) electrons. The Hall–Kier alpha value is -4.25. The van der Waals surface area contributed by atoms with Gasteiger partial charge < -0.3 is 29.4 Å². The first-order chi connectivity index (χ1) is 22.5. The van der Waals surface area contributed by atoms with Crippen LogP contribution in [0.2, 0.25) is 5.02 Å². The molecule has 12 nitrogen and oxygen atoms in total. The number of hydrogen-bond donors (Lipinski definition) is 2. The van der Waals surface area contributed by atoms with Crippen LogP contribution in [-0.4, -0.2) is 90.3 Å². The number of likely N-dealkylation sites (N-methyl/N-ethyl adjacent to an activating group) is 2. The third-order valence-corrected chi connectivity index (χ3v) is 10.8. The lowest BCUT2D eigenvalue weighted by Gasteiger charge is -2.48. The van der Waals surface area contributed by atoms with E-state index in [9.17, 15) is 31.5 Å². The Balaban J connectivity index is 1.92. The molecule has 2 amide bonds. The number of para-hydroxylation sites is 1. The zero-order valence-corrected chi connectivity index (χ0v) is 27.9. The van der Waals surface area contributed by atoms with Gasteiger partial charge in [-0.2, -0.15) is 4.31 Å². The molecule has 0 aromatic heterocycles. The summed E-state index contributed by atoms with van der Waals surface area (Å²) in [5.41, 5.74) is -2.46. The van der Waals surface area contributed by atoms with E-state index in [1.54, 1.807) is 0 Å². The van der Waals surface area contributed by atoms with Gasteiger partial charge in [-0.3, -0.25) is 14.1 Å². The van der Waals surface area contributed by atoms with Crippen LogP contribution in [0.15, 0.2) is 59.5 Å². The molecule has 17 heteroatoms. The Bertz CT molecular complexity index is 1890. The summed E-state index contributed by atoms with van der Waals surface area (Å²) in [5, 5.41) is 13.7. The number of alkyl halides is 3. The first kappa shape index (κ1) is 35.1. The van der Waals surface area contributed by atoms with Gasteiger partial charge in [0.1, 0.15) is 23.3 Å². The number of quaternary nitrogens is 1. The maximum atomic E-state index is 15.4. The quantitative estimate of drug-likeness (QED) is 0.319. The summed E-state index contributed by atoms with van der Waals surface area (Å²) in [6.07, 6.45) is -6.58. The topological polar surface area (TPSA) is 141 Å². The number of halogens is 4. The number of likely N-dealkylation sites (tertiary alicyclic amines) is 1. The molecule has 0 spiro atoms. The van der Waals surface area contributed by atoms with E-state index in [0.29, 0.717) is 4.31 Å². The van der Waals surface area contributed by atoms with E-state index in [2.05, 4.69) is 10.1 Å². The van der Waals surface area contributed by atoms with Crippen LogP contribution in [0.25, 0.3) is 0 Å². The Labute approximate surface area is 279 Å². The average Bonchev–Trinajstić information content (AvgIpc) is 3.49. The number of carbonyl (C=O) groups excluding carboxylic acids is 2. The summed E-state index contributed by atoms with van der Waals surface area (Å²) in [5.74, 6) is -2.91. The van der Waals surface area contributed by atoms with E-state index >= 15 is 4.79 Å². The molecule has 5 rings (SSSR count). The number of benzene rings is 3. The highest BCUT2D eigenvalue weighted by Gasteiger charge is 2.72. The number of amides is 2. The number of ether oxygens (including phenoxy) is 4. The van der Waals surface area contributed by atoms with Crippen molar-refractivity contribution in [2.75, 3.05) is 46.3 Å². The fraction of sp³-hybridized carbons (Fsp3) is 0.355. The van der Waals surface area contributed by atoms with Crippen LogP contribution in [-0.2, 0) is 25.2 Å². The van der Waals surface area contributed by atoms with E-state index in [1.807, 2.05) is 0 Å². The molecule has 4 atom stereocenters. The molecule has 2 N–H and O–H groups in total. The van der Waals surface area contributed by atoms with Gasteiger partial charge in [0.05, 0.1) is 45.2 Å². The van der Waals surface area contributed by atoms with Crippen molar-refractivity contribution in [2.45, 2.75) is 35.4 Å². The van der Waals surface area contributed by atoms with Crippen molar-refractivity contribution < 1.29 is 59.7 Å². The summed E-state index contributed by atoms with van der Waals surface area (Å²) in [7, 11) is 1.45. The van der Waals surface area contributed by atoms with Crippen molar-refractivity contribution >= 4 is 39.1 Å². The number of rotatable bonds is 9. The van der Waals surface area contributed by atoms with Gasteiger partial charge >= 0.3 is 12.3 Å². The standard InChI is InChI=1S/C31H31ClF3N3O9S/c1-36-28(40)23-14-18(39)16-38(23,2)30(20-7-6-8-24(45-4)27(20)46-5)21-13-17(32)9-11-22(21)37(29(30)41)48(42,43)26-12-10-19(44-3)15-25(26)47-31(33,34)35/h6-13,15,18,23,39H,14,16H2,1-5H3/p+1/t18-,23+,30?,38?/m1/s1. The van der Waals surface area contributed by atoms with E-state index < -0.39 is 61.0 Å². The Kier molecular flexibility index (Phi) is 9.01. The third-order valence-electron chi connectivity index (χ3n) is 8.84. The largest absolute Gasteiger partial charge is 0.573 e. The predicted octanol–water partition coefficient (Wildman–Crippen LogP) is 3.57. The maximum absolute atomic E-state index is 15.4. The van der Waals surface area contributed by atoms with E-state index in [0.717, 1.165) is 25.3 Å². The second kappa shape index (κ2) is 12.3. The van der Waals surface area contributed by atoms with Crippen molar-refractivity contribution in [3.8, 4) is 23.0 Å². The normalized spacial score (nSPS) is 23.9. The van der Waals surface area contributed by atoms with Crippen molar-refractivity contribution in [3.63, 3.8) is 0 Å². The second-order valence-corrected chi connectivity index (χ2v) is 13.5. The smallest absolute Gasteiger partial charge is 0.497 e. The highest BCUT2D eigenvalue weighted by molar-refractivity contribution is 7.93. The average molecular weight is 715 g/mol. The van der Waals surface area contributed by atoms with Gasteiger partial charge in [0.25, 0.3) is 15.9 Å². The van der Waals surface area contributed by atoms with Crippen molar-refractivity contribution in [1.82, 2.24) is 5.32 Å². The number of sulfonamides is 1. The lowest BCUT2D eigenvalue weighted by molar-refractivity contribution is -0.953. The third kappa shape index (κ3) is 5.27. The number of fused-ring (bicyclic) bond motifs is 1. The number of nitrogens with zero attached hydrogens (tertiary/aromatic N) is 2. The molecule has 3 aromatic rings. The molecular weight excluding hydrogens is 683 g/mol. The molecular formula is C31H32ClF3N3O9S+. The molecule has 1 fully saturated rings. The van der Waals surface area contributed by atoms with Crippen LogP contribution in [0.3, 0.4) is 0 Å². The number of anilines is 1. The van der Waals surface area contributed by atoms with Crippen LogP contribution < -0.4 is 28.6 Å². The van der Waals surface area contributed by atoms with Gasteiger partial charge in [-0.25, -0.2) is 8.42 Å². The highest BCUT2D eigenvalue weighted by atomic mass is 35.5. The highest BCUT2D eigenvalue weighted by Crippen LogP contribution is 2.59. The molecule has 258 valence electrons. The lowest BCUT2D eigenvalue weighted by Crippen LogP contribution is -2.69. The van der Waals surface area contributed by atoms with Gasteiger partial charge in [0.2, 0.25) is 5.54 Å². The molecule has 3 aromatic carbocycles. The molecule has 0 aliphatic carbocycles. The van der Waals surface area contributed by atoms with Crippen molar-refractivity contribution in [2.24, 2.45) is 0 Å². The molecule has 0 bridgehead atoms. The summed E-state index contributed by atoms with van der Waals surface area (Å²) in [6.45, 7) is -0.241. The number of methoxy groups -OCH3 is 3. The Morgan fingerprint density at radius 3 is 2.35 bits per heavy atom. The second-order valence-electron chi connectivity index (χ2n) is 11.3. The van der Waals surface area contributed by atoms with Crippen molar-refractivity contribution in [1.29, 1.82) is 0 Å². The zero-order valence-electron chi connectivity index (χ0n) is 26.3. The first-order valence-corrected chi connectivity index (χ1v) is 16.1. The maximum Gasteiger partial charge on any atom is 0.573 e. The number of aliphatic hydroxyl groups excluding tert-OH is 1. The number of carbonyl (C=O) groups is 2. The van der Waals surface area contributed by atoms with Crippen LogP contribution in [0.1, 0.15) is 17.5 Å². The summed E-state index contributed by atoms with van der Waals surface area (Å²) < 4.78 is 90.2. The minimum atomic E-state index is -5.32. The first-order valence-electron chi connectivity index (χ1n) is 14.3. The van der Waals surface area contributed by atoms with E-state index in [-0.39, 0.29) is 52.1 Å². The predicted molar refractivity (Wildman–Crippen MR) is 166 cm³/mol. The van der Waals surface area contributed by atoms with Gasteiger partial charge in [0, 0.05) is 24.6 Å². The van der Waals surface area contributed by atoms with E-state index in [4.69, 9.17) is 25.8 Å². The SMILES string of the molecule is CNC(=O)[C@@H]1C[C@@H](O)C[N+]1(C)C1(c2cccc(OC)c2OC)C(=O)N(S(=O)(=O)c2ccc(OC)cc2OC(F)(F)F)c2ccc(Cl)cc21. The van der Waals surface area contributed by atoms with Gasteiger partial charge in [0.15, 0.2) is 23.3 Å². The molecule has 0 saturated carbocycles. The van der Waals surface area contributed by atoms with Crippen LogP contribution in [0.4, 0.5) is 18.9 Å². The molecule has 2 aliphatic rings. The summed E-state index contributed by atoms with van der Waals surface area (Å²) in [6, 6.07) is 9.96. The number of hydrogen-bond acceptors (Lipinski definition) is 9.